The maximum absolute atomic E-state index is 11.0. The van der Waals surface area contributed by atoms with Gasteiger partial charge in [0.05, 0.1) is 15.5 Å². The minimum atomic E-state index is -0.536. The van der Waals surface area contributed by atoms with Crippen LogP contribution in [0.3, 0.4) is 0 Å². The van der Waals surface area contributed by atoms with Gasteiger partial charge in [-0.15, -0.1) is 0 Å². The number of nitrogens with two attached hydrogens (primary N) is 1. The predicted molar refractivity (Wildman–Crippen MR) is 68.7 cm³/mol. The first-order chi connectivity index (χ1) is 8.52. The fourth-order valence-electron chi connectivity index (χ4n) is 2.61. The summed E-state index contributed by atoms with van der Waals surface area (Å²) in [7, 11) is 0. The molecule has 0 heterocycles. The van der Waals surface area contributed by atoms with Crippen LogP contribution >= 0.6 is 11.6 Å². The molecule has 0 bridgehead atoms. The number of nitro benzene ring substituents is 1. The van der Waals surface area contributed by atoms with Gasteiger partial charge in [-0.25, -0.2) is 0 Å². The van der Waals surface area contributed by atoms with E-state index in [1.807, 2.05) is 0 Å². The van der Waals surface area contributed by atoms with E-state index in [0.29, 0.717) is 0 Å². The molecule has 3 N–H and O–H groups in total. The Labute approximate surface area is 110 Å². The molecule has 0 aromatic heterocycles. The number of phenols is 1. The zero-order chi connectivity index (χ0) is 13.3. The Morgan fingerprint density at radius 3 is 2.61 bits per heavy atom. The first-order valence-corrected chi connectivity index (χ1v) is 6.31. The van der Waals surface area contributed by atoms with Crippen LogP contribution < -0.4 is 5.73 Å². The summed E-state index contributed by atoms with van der Waals surface area (Å²) >= 11 is 5.81. The van der Waals surface area contributed by atoms with Crippen molar-refractivity contribution in [2.24, 2.45) is 11.7 Å². The largest absolute Gasteiger partial charge is 0.506 e. The van der Waals surface area contributed by atoms with E-state index in [9.17, 15) is 15.2 Å². The van der Waals surface area contributed by atoms with E-state index < -0.39 is 11.0 Å². The van der Waals surface area contributed by atoms with Gasteiger partial charge in [-0.2, -0.15) is 0 Å². The highest BCUT2D eigenvalue weighted by Crippen LogP contribution is 2.43. The van der Waals surface area contributed by atoms with Gasteiger partial charge >= 0.3 is 0 Å². The highest BCUT2D eigenvalue weighted by molar-refractivity contribution is 6.32. The summed E-state index contributed by atoms with van der Waals surface area (Å²) in [6.07, 6.45) is 4.02. The lowest BCUT2D eigenvalue weighted by Gasteiger charge is -2.20. The molecule has 1 aromatic rings. The fourth-order valence-corrected chi connectivity index (χ4v) is 2.78. The van der Waals surface area contributed by atoms with Crippen molar-refractivity contribution in [3.8, 4) is 5.75 Å². The molecule has 0 radical (unpaired) electrons. The SMILES string of the molecule is N[C@@H](c1c([N+](=O)[O-])ccc(Cl)c1O)C1CCCC1. The molecule has 5 nitrogen and oxygen atoms in total. The average Bonchev–Trinajstić information content (AvgIpc) is 2.84. The second kappa shape index (κ2) is 5.12. The number of nitrogens with zero attached hydrogens (tertiary/aromatic N) is 1. The Morgan fingerprint density at radius 2 is 2.06 bits per heavy atom. The summed E-state index contributed by atoms with van der Waals surface area (Å²) in [6, 6.07) is 2.08. The highest BCUT2D eigenvalue weighted by Gasteiger charge is 2.31. The number of hydrogen-bond donors (Lipinski definition) is 2. The lowest BCUT2D eigenvalue weighted by molar-refractivity contribution is -0.385. The van der Waals surface area contributed by atoms with Gasteiger partial charge in [0.15, 0.2) is 0 Å². The molecular weight excluding hydrogens is 256 g/mol. The third-order valence-electron chi connectivity index (χ3n) is 3.58. The Kier molecular flexibility index (Phi) is 3.73. The fraction of sp³-hybridized carbons (Fsp3) is 0.500. The summed E-state index contributed by atoms with van der Waals surface area (Å²) in [6.45, 7) is 0. The van der Waals surface area contributed by atoms with Crippen molar-refractivity contribution in [3.63, 3.8) is 0 Å². The van der Waals surface area contributed by atoms with E-state index in [0.717, 1.165) is 25.7 Å². The first kappa shape index (κ1) is 13.1. The normalized spacial score (nSPS) is 17.9. The molecule has 0 unspecified atom stereocenters. The second-order valence-electron chi connectivity index (χ2n) is 4.66. The Hall–Kier alpha value is -1.33. The zero-order valence-corrected chi connectivity index (χ0v) is 10.6. The van der Waals surface area contributed by atoms with Gasteiger partial charge in [0.25, 0.3) is 5.69 Å². The summed E-state index contributed by atoms with van der Waals surface area (Å²) in [5, 5.41) is 21.0. The molecule has 1 fully saturated rings. The highest BCUT2D eigenvalue weighted by atomic mass is 35.5. The molecule has 6 heteroatoms. The van der Waals surface area contributed by atoms with E-state index >= 15 is 0 Å². The maximum Gasteiger partial charge on any atom is 0.278 e. The zero-order valence-electron chi connectivity index (χ0n) is 9.80. The molecule has 0 amide bonds. The molecule has 0 aliphatic heterocycles. The van der Waals surface area contributed by atoms with Gasteiger partial charge in [-0.05, 0) is 24.8 Å². The smallest absolute Gasteiger partial charge is 0.278 e. The van der Waals surface area contributed by atoms with Crippen LogP contribution in [0.2, 0.25) is 5.02 Å². The van der Waals surface area contributed by atoms with E-state index in [2.05, 4.69) is 0 Å². The monoisotopic (exact) mass is 270 g/mol. The van der Waals surface area contributed by atoms with E-state index in [-0.39, 0.29) is 27.9 Å². The average molecular weight is 271 g/mol. The molecule has 1 atom stereocenters. The van der Waals surface area contributed by atoms with Crippen molar-refractivity contribution in [2.75, 3.05) is 0 Å². The van der Waals surface area contributed by atoms with E-state index in [1.54, 1.807) is 0 Å². The van der Waals surface area contributed by atoms with Crippen LogP contribution in [0.25, 0.3) is 0 Å². The summed E-state index contributed by atoms with van der Waals surface area (Å²) in [4.78, 5) is 10.5. The minimum Gasteiger partial charge on any atom is -0.506 e. The number of aromatic hydroxyl groups is 1. The first-order valence-electron chi connectivity index (χ1n) is 5.93. The van der Waals surface area contributed by atoms with Crippen molar-refractivity contribution in [1.29, 1.82) is 0 Å². The van der Waals surface area contributed by atoms with E-state index in [4.69, 9.17) is 17.3 Å². The number of halogens is 1. The summed E-state index contributed by atoms with van der Waals surface area (Å²) < 4.78 is 0. The standard InChI is InChI=1S/C12H15ClN2O3/c13-8-5-6-9(15(17)18)10(12(8)16)11(14)7-3-1-2-4-7/h5-7,11,16H,1-4,14H2/t11-/m1/s1. The van der Waals surface area contributed by atoms with E-state index in [1.165, 1.54) is 12.1 Å². The predicted octanol–water partition coefficient (Wildman–Crippen LogP) is 3.14. The molecule has 1 aliphatic rings. The number of hydrogen-bond acceptors (Lipinski definition) is 4. The summed E-state index contributed by atoms with van der Waals surface area (Å²) in [5.74, 6) is -0.0849. The lowest BCUT2D eigenvalue weighted by Crippen LogP contribution is -2.20. The maximum atomic E-state index is 11.0. The van der Waals surface area contributed by atoms with Crippen LogP contribution in [0.5, 0.6) is 5.75 Å². The molecule has 2 rings (SSSR count). The van der Waals surface area contributed by atoms with Crippen molar-refractivity contribution in [1.82, 2.24) is 0 Å². The third-order valence-corrected chi connectivity index (χ3v) is 3.89. The third kappa shape index (κ3) is 2.28. The molecule has 98 valence electrons. The lowest BCUT2D eigenvalue weighted by atomic mass is 9.91. The Morgan fingerprint density at radius 1 is 1.44 bits per heavy atom. The Balaban J connectivity index is 2.46. The van der Waals surface area contributed by atoms with Crippen molar-refractivity contribution in [3.05, 3.63) is 32.8 Å². The molecule has 1 aromatic carbocycles. The van der Waals surface area contributed by atoms with Crippen molar-refractivity contribution < 1.29 is 10.0 Å². The van der Waals surface area contributed by atoms with Crippen LogP contribution in [-0.2, 0) is 0 Å². The topological polar surface area (TPSA) is 89.4 Å². The van der Waals surface area contributed by atoms with Gasteiger partial charge in [-0.1, -0.05) is 24.4 Å². The van der Waals surface area contributed by atoms with Crippen molar-refractivity contribution >= 4 is 17.3 Å². The van der Waals surface area contributed by atoms with Crippen LogP contribution in [0, 0.1) is 16.0 Å². The molecule has 0 spiro atoms. The van der Waals surface area contributed by atoms with Crippen molar-refractivity contribution in [2.45, 2.75) is 31.7 Å². The minimum absolute atomic E-state index is 0.101. The van der Waals surface area contributed by atoms with Crippen LogP contribution in [0.15, 0.2) is 12.1 Å². The summed E-state index contributed by atoms with van der Waals surface area (Å²) in [5.41, 5.74) is 6.10. The van der Waals surface area contributed by atoms with Gasteiger partial charge in [0.2, 0.25) is 0 Å². The van der Waals surface area contributed by atoms with Gasteiger partial charge in [0.1, 0.15) is 5.75 Å². The number of nitro groups is 1. The van der Waals surface area contributed by atoms with Gasteiger partial charge in [-0.3, -0.25) is 10.1 Å². The number of phenolic OH excluding ortho intramolecular Hbond substituents is 1. The van der Waals surface area contributed by atoms with Gasteiger partial charge in [0, 0.05) is 12.1 Å². The van der Waals surface area contributed by atoms with Crippen LogP contribution in [0.4, 0.5) is 5.69 Å². The Bertz CT molecular complexity index is 473. The number of rotatable bonds is 3. The molecule has 1 saturated carbocycles. The van der Waals surface area contributed by atoms with Crippen LogP contribution in [0.1, 0.15) is 37.3 Å². The number of benzene rings is 1. The van der Waals surface area contributed by atoms with Crippen LogP contribution in [-0.4, -0.2) is 10.0 Å². The molecule has 18 heavy (non-hydrogen) atoms. The quantitative estimate of drug-likeness (QED) is 0.652. The van der Waals surface area contributed by atoms with Gasteiger partial charge < -0.3 is 10.8 Å². The molecule has 0 saturated heterocycles. The molecule has 1 aliphatic carbocycles. The second-order valence-corrected chi connectivity index (χ2v) is 5.06. The molecular formula is C12H15ClN2O3.